The molecule has 5 nitrogen and oxygen atoms in total. The maximum Gasteiger partial charge on any atom is 0.320 e. The zero-order valence-electron chi connectivity index (χ0n) is 18.6. The van der Waals surface area contributed by atoms with E-state index >= 15 is 0 Å². The number of aliphatic carboxylic acids is 1. The van der Waals surface area contributed by atoms with Crippen molar-refractivity contribution < 1.29 is 19.4 Å². The monoisotopic (exact) mass is 399 g/mol. The molecule has 0 heterocycles. The number of carboxylic acid groups (broad SMARTS) is 1. The summed E-state index contributed by atoms with van der Waals surface area (Å²) in [4.78, 5) is 23.5. The van der Waals surface area contributed by atoms with Crippen molar-refractivity contribution in [2.24, 2.45) is 0 Å². The van der Waals surface area contributed by atoms with Crippen LogP contribution >= 0.6 is 0 Å². The van der Waals surface area contributed by atoms with E-state index in [1.165, 1.54) is 94.8 Å². The number of unbranched alkanes of at least 4 members (excludes halogenated alkanes) is 15. The number of hydrogen-bond acceptors (Lipinski definition) is 4. The first-order valence-corrected chi connectivity index (χ1v) is 11.6. The average Bonchev–Trinajstić information content (AvgIpc) is 2.63. The van der Waals surface area contributed by atoms with Gasteiger partial charge in [0.15, 0.2) is 0 Å². The molecule has 0 rings (SSSR count). The van der Waals surface area contributed by atoms with E-state index in [9.17, 15) is 9.59 Å². The van der Waals surface area contributed by atoms with E-state index < -0.39 is 5.97 Å². The molecule has 0 aliphatic heterocycles. The molecule has 0 saturated carbocycles. The van der Waals surface area contributed by atoms with E-state index in [1.807, 2.05) is 0 Å². The molecule has 0 unspecified atom stereocenters. The highest BCUT2D eigenvalue weighted by molar-refractivity contribution is 5.73. The van der Waals surface area contributed by atoms with Crippen LogP contribution in [0.5, 0.6) is 0 Å². The summed E-state index contributed by atoms with van der Waals surface area (Å²) in [5.41, 5.74) is 0. The summed E-state index contributed by atoms with van der Waals surface area (Å²) >= 11 is 0. The van der Waals surface area contributed by atoms with E-state index in [0.29, 0.717) is 6.61 Å². The first-order valence-electron chi connectivity index (χ1n) is 11.6. The molecule has 0 atom stereocenters. The Morgan fingerprint density at radius 2 is 1.07 bits per heavy atom. The minimum absolute atomic E-state index is 0.0329. The van der Waals surface area contributed by atoms with Gasteiger partial charge in [-0.05, 0) is 13.5 Å². The van der Waals surface area contributed by atoms with Gasteiger partial charge < -0.3 is 9.84 Å². The Hall–Kier alpha value is -1.10. The molecule has 0 spiro atoms. The van der Waals surface area contributed by atoms with Crippen LogP contribution < -0.4 is 0 Å². The van der Waals surface area contributed by atoms with Crippen molar-refractivity contribution in [1.29, 1.82) is 0 Å². The summed E-state index contributed by atoms with van der Waals surface area (Å²) in [6.07, 6.45) is 21.1. The molecule has 0 saturated heterocycles. The fourth-order valence-electron chi connectivity index (χ4n) is 3.39. The van der Waals surface area contributed by atoms with Crippen molar-refractivity contribution >= 4 is 11.9 Å². The largest absolute Gasteiger partial charge is 0.480 e. The Morgan fingerprint density at radius 3 is 1.46 bits per heavy atom. The van der Waals surface area contributed by atoms with Gasteiger partial charge in [-0.25, -0.2) is 0 Å². The lowest BCUT2D eigenvalue weighted by molar-refractivity contribution is -0.146. The number of rotatable bonds is 21. The number of carboxylic acids is 1. The highest BCUT2D eigenvalue weighted by atomic mass is 16.5. The molecule has 0 aliphatic rings. The minimum atomic E-state index is -0.937. The molecule has 0 amide bonds. The molecule has 5 heteroatoms. The Bertz CT molecular complexity index is 374. The molecule has 0 aromatic heterocycles. The molecule has 0 aliphatic carbocycles. The van der Waals surface area contributed by atoms with Crippen LogP contribution in [-0.2, 0) is 14.3 Å². The first-order chi connectivity index (χ1) is 13.6. The van der Waals surface area contributed by atoms with E-state index in [4.69, 9.17) is 9.84 Å². The van der Waals surface area contributed by atoms with E-state index in [-0.39, 0.29) is 19.1 Å². The quantitative estimate of drug-likeness (QED) is 0.195. The van der Waals surface area contributed by atoms with E-state index in [1.54, 1.807) is 7.05 Å². The Morgan fingerprint density at radius 1 is 0.679 bits per heavy atom. The summed E-state index contributed by atoms with van der Waals surface area (Å²) in [6, 6.07) is 0. The predicted molar refractivity (Wildman–Crippen MR) is 116 cm³/mol. The fourth-order valence-corrected chi connectivity index (χ4v) is 3.39. The van der Waals surface area contributed by atoms with Crippen LogP contribution in [0.25, 0.3) is 0 Å². The van der Waals surface area contributed by atoms with Crippen LogP contribution in [0.3, 0.4) is 0 Å². The molecule has 0 aromatic carbocycles. The lowest BCUT2D eigenvalue weighted by Crippen LogP contribution is -2.32. The van der Waals surface area contributed by atoms with Gasteiger partial charge in [0.25, 0.3) is 0 Å². The number of esters is 1. The number of hydrogen-bond donors (Lipinski definition) is 1. The van der Waals surface area contributed by atoms with Gasteiger partial charge in [0.1, 0.15) is 0 Å². The molecule has 1 N–H and O–H groups in total. The fraction of sp³-hybridized carbons (Fsp3) is 0.913. The van der Waals surface area contributed by atoms with Gasteiger partial charge in [-0.2, -0.15) is 0 Å². The van der Waals surface area contributed by atoms with E-state index in [0.717, 1.165) is 12.8 Å². The summed E-state index contributed by atoms with van der Waals surface area (Å²) in [7, 11) is 1.60. The van der Waals surface area contributed by atoms with Crippen LogP contribution in [0, 0.1) is 0 Å². The molecule has 0 aromatic rings. The van der Waals surface area contributed by atoms with Crippen molar-refractivity contribution in [1.82, 2.24) is 4.90 Å². The molecule has 28 heavy (non-hydrogen) atoms. The lowest BCUT2D eigenvalue weighted by Gasteiger charge is -2.12. The molecule has 0 radical (unpaired) electrons. The SMILES string of the molecule is CCCCCCCCCCCCCCCCCCOC(=O)CN(C)CC(=O)O. The van der Waals surface area contributed by atoms with Crippen molar-refractivity contribution in [2.75, 3.05) is 26.7 Å². The van der Waals surface area contributed by atoms with Crippen molar-refractivity contribution in [3.63, 3.8) is 0 Å². The Balaban J connectivity index is 3.19. The number of carbonyl (C=O) groups excluding carboxylic acids is 1. The average molecular weight is 400 g/mol. The Labute approximate surface area is 173 Å². The number of nitrogens with zero attached hydrogens (tertiary/aromatic N) is 1. The number of ether oxygens (including phenoxy) is 1. The lowest BCUT2D eigenvalue weighted by atomic mass is 10.0. The second-order valence-corrected chi connectivity index (χ2v) is 8.09. The van der Waals surface area contributed by atoms with E-state index in [2.05, 4.69) is 6.92 Å². The predicted octanol–water partition coefficient (Wildman–Crippen LogP) is 5.81. The standard InChI is InChI=1S/C23H45NO4/c1-3-4-5-6-7-8-9-10-11-12-13-14-15-16-17-18-19-28-23(27)21-24(2)20-22(25)26/h3-21H2,1-2H3,(H,25,26). The summed E-state index contributed by atoms with van der Waals surface area (Å²) in [5, 5.41) is 8.64. The van der Waals surface area contributed by atoms with Crippen molar-refractivity contribution in [3.8, 4) is 0 Å². The normalized spacial score (nSPS) is 11.1. The maximum absolute atomic E-state index is 11.5. The second kappa shape index (κ2) is 20.6. The Kier molecular flexibility index (Phi) is 19.8. The summed E-state index contributed by atoms with van der Waals surface area (Å²) in [5.74, 6) is -1.28. The molecule has 166 valence electrons. The van der Waals surface area contributed by atoms with Gasteiger partial charge in [-0.3, -0.25) is 14.5 Å². The van der Waals surface area contributed by atoms with Crippen LogP contribution in [0.2, 0.25) is 0 Å². The molecular weight excluding hydrogens is 354 g/mol. The smallest absolute Gasteiger partial charge is 0.320 e. The van der Waals surface area contributed by atoms with Crippen LogP contribution in [0.15, 0.2) is 0 Å². The second-order valence-electron chi connectivity index (χ2n) is 8.09. The topological polar surface area (TPSA) is 66.8 Å². The third kappa shape index (κ3) is 21.2. The highest BCUT2D eigenvalue weighted by Crippen LogP contribution is 2.13. The first kappa shape index (κ1) is 26.9. The zero-order valence-corrected chi connectivity index (χ0v) is 18.6. The third-order valence-corrected chi connectivity index (χ3v) is 5.07. The maximum atomic E-state index is 11.5. The highest BCUT2D eigenvalue weighted by Gasteiger charge is 2.10. The van der Waals surface area contributed by atoms with Crippen LogP contribution in [-0.4, -0.2) is 48.7 Å². The van der Waals surface area contributed by atoms with Crippen molar-refractivity contribution in [3.05, 3.63) is 0 Å². The van der Waals surface area contributed by atoms with Crippen molar-refractivity contribution in [2.45, 2.75) is 110 Å². The minimum Gasteiger partial charge on any atom is -0.480 e. The third-order valence-electron chi connectivity index (χ3n) is 5.07. The van der Waals surface area contributed by atoms with Crippen LogP contribution in [0.1, 0.15) is 110 Å². The van der Waals surface area contributed by atoms with Gasteiger partial charge in [-0.15, -0.1) is 0 Å². The summed E-state index contributed by atoms with van der Waals surface area (Å²) < 4.78 is 5.14. The van der Waals surface area contributed by atoms with Gasteiger partial charge in [-0.1, -0.05) is 103 Å². The van der Waals surface area contributed by atoms with Gasteiger partial charge in [0.2, 0.25) is 0 Å². The zero-order chi connectivity index (χ0) is 20.9. The van der Waals surface area contributed by atoms with Gasteiger partial charge >= 0.3 is 11.9 Å². The molecule has 0 bridgehead atoms. The van der Waals surface area contributed by atoms with Gasteiger partial charge in [0, 0.05) is 0 Å². The summed E-state index contributed by atoms with van der Waals surface area (Å²) in [6.45, 7) is 2.60. The molecule has 0 fully saturated rings. The number of likely N-dealkylation sites (N-methyl/N-ethyl adjacent to an activating group) is 1. The van der Waals surface area contributed by atoms with Crippen LogP contribution in [0.4, 0.5) is 0 Å². The molecular formula is C23H45NO4. The number of carbonyl (C=O) groups is 2. The van der Waals surface area contributed by atoms with Gasteiger partial charge in [0.05, 0.1) is 19.7 Å².